The number of rotatable bonds is 2. The Bertz CT molecular complexity index is 989. The summed E-state index contributed by atoms with van der Waals surface area (Å²) in [7, 11) is 0. The maximum atomic E-state index is 13.7. The zero-order valence-corrected chi connectivity index (χ0v) is 16.0. The molecular weight excluding hydrogens is 369 g/mol. The normalized spacial score (nSPS) is 17.0. The lowest BCUT2D eigenvalue weighted by Gasteiger charge is -2.36. The van der Waals surface area contributed by atoms with Gasteiger partial charge in [0.25, 0.3) is 5.91 Å². The molecular formula is C19H21ClFN5O. The van der Waals surface area contributed by atoms with Crippen LogP contribution in [-0.4, -0.2) is 45.0 Å². The van der Waals surface area contributed by atoms with E-state index >= 15 is 0 Å². The molecule has 0 bridgehead atoms. The number of fused-ring (bicyclic) bond motifs is 1. The molecule has 2 aromatic heterocycles. The van der Waals surface area contributed by atoms with E-state index in [1.165, 1.54) is 12.1 Å². The van der Waals surface area contributed by atoms with Gasteiger partial charge >= 0.3 is 0 Å². The Morgan fingerprint density at radius 1 is 1.30 bits per heavy atom. The van der Waals surface area contributed by atoms with Crippen LogP contribution in [0.1, 0.15) is 33.4 Å². The van der Waals surface area contributed by atoms with Gasteiger partial charge in [-0.2, -0.15) is 5.10 Å². The maximum absolute atomic E-state index is 13.7. The van der Waals surface area contributed by atoms with Gasteiger partial charge in [-0.3, -0.25) is 4.79 Å². The zero-order valence-electron chi connectivity index (χ0n) is 15.1. The van der Waals surface area contributed by atoms with Gasteiger partial charge in [-0.25, -0.2) is 13.9 Å². The predicted octanol–water partition coefficient (Wildman–Crippen LogP) is 2.69. The van der Waals surface area contributed by atoms with Crippen molar-refractivity contribution in [3.63, 3.8) is 0 Å². The van der Waals surface area contributed by atoms with Crippen LogP contribution in [0.15, 0.2) is 36.5 Å². The molecule has 1 atom stereocenters. The van der Waals surface area contributed by atoms with E-state index in [0.717, 1.165) is 22.6 Å². The zero-order chi connectivity index (χ0) is 18.3. The van der Waals surface area contributed by atoms with E-state index in [4.69, 9.17) is 0 Å². The van der Waals surface area contributed by atoms with Gasteiger partial charge in [0, 0.05) is 31.9 Å². The summed E-state index contributed by atoms with van der Waals surface area (Å²) >= 11 is 0. The Kier molecular flexibility index (Phi) is 5.43. The SMILES string of the molecule is Cc1cc2ncc(C(=O)N3CCNCC3c3cccc(F)c3)c(C)n2n1.Cl. The van der Waals surface area contributed by atoms with Gasteiger partial charge in [-0.15, -0.1) is 12.4 Å². The number of carbonyl (C=O) groups excluding carboxylic acids is 1. The second kappa shape index (κ2) is 7.62. The van der Waals surface area contributed by atoms with E-state index in [0.29, 0.717) is 25.2 Å². The molecule has 1 aromatic carbocycles. The molecule has 0 radical (unpaired) electrons. The van der Waals surface area contributed by atoms with Crippen molar-refractivity contribution >= 4 is 24.0 Å². The van der Waals surface area contributed by atoms with Crippen molar-refractivity contribution < 1.29 is 9.18 Å². The van der Waals surface area contributed by atoms with Crippen LogP contribution in [0.4, 0.5) is 4.39 Å². The minimum atomic E-state index is -0.299. The van der Waals surface area contributed by atoms with Gasteiger partial charge in [-0.05, 0) is 31.5 Å². The highest BCUT2D eigenvalue weighted by Gasteiger charge is 2.30. The Morgan fingerprint density at radius 3 is 2.89 bits per heavy atom. The van der Waals surface area contributed by atoms with Crippen molar-refractivity contribution in [1.29, 1.82) is 0 Å². The van der Waals surface area contributed by atoms with Gasteiger partial charge < -0.3 is 10.2 Å². The van der Waals surface area contributed by atoms with Crippen LogP contribution in [0, 0.1) is 19.7 Å². The number of hydrogen-bond acceptors (Lipinski definition) is 4. The third kappa shape index (κ3) is 3.52. The fourth-order valence-electron chi connectivity index (χ4n) is 3.49. The first-order valence-corrected chi connectivity index (χ1v) is 8.64. The topological polar surface area (TPSA) is 62.5 Å². The first-order valence-electron chi connectivity index (χ1n) is 8.64. The number of nitrogens with zero attached hydrogens (tertiary/aromatic N) is 4. The van der Waals surface area contributed by atoms with Crippen molar-refractivity contribution in [2.45, 2.75) is 19.9 Å². The predicted molar refractivity (Wildman–Crippen MR) is 103 cm³/mol. The van der Waals surface area contributed by atoms with Crippen molar-refractivity contribution in [2.75, 3.05) is 19.6 Å². The van der Waals surface area contributed by atoms with Gasteiger partial charge in [0.1, 0.15) is 5.82 Å². The fraction of sp³-hybridized carbons (Fsp3) is 0.316. The second-order valence-corrected chi connectivity index (χ2v) is 6.59. The van der Waals surface area contributed by atoms with Crippen LogP contribution in [0.5, 0.6) is 0 Å². The van der Waals surface area contributed by atoms with E-state index in [2.05, 4.69) is 15.4 Å². The molecule has 4 rings (SSSR count). The van der Waals surface area contributed by atoms with E-state index in [-0.39, 0.29) is 30.2 Å². The number of hydrogen-bond donors (Lipinski definition) is 1. The van der Waals surface area contributed by atoms with E-state index in [1.54, 1.807) is 21.7 Å². The van der Waals surface area contributed by atoms with Gasteiger partial charge in [0.05, 0.1) is 23.0 Å². The molecule has 1 aliphatic rings. The average Bonchev–Trinajstić information content (AvgIpc) is 3.03. The van der Waals surface area contributed by atoms with Crippen molar-refractivity contribution in [2.24, 2.45) is 0 Å². The van der Waals surface area contributed by atoms with E-state index < -0.39 is 0 Å². The van der Waals surface area contributed by atoms with Crippen molar-refractivity contribution in [3.05, 3.63) is 64.9 Å². The minimum absolute atomic E-state index is 0. The van der Waals surface area contributed by atoms with Gasteiger partial charge in [0.15, 0.2) is 5.65 Å². The first-order chi connectivity index (χ1) is 12.5. The number of piperazine rings is 1. The highest BCUT2D eigenvalue weighted by Crippen LogP contribution is 2.25. The Balaban J connectivity index is 0.00000210. The van der Waals surface area contributed by atoms with Crippen LogP contribution >= 0.6 is 12.4 Å². The summed E-state index contributed by atoms with van der Waals surface area (Å²) in [6.07, 6.45) is 1.61. The molecule has 27 heavy (non-hydrogen) atoms. The lowest BCUT2D eigenvalue weighted by Crippen LogP contribution is -2.49. The molecule has 1 amide bonds. The lowest BCUT2D eigenvalue weighted by molar-refractivity contribution is 0.0632. The largest absolute Gasteiger partial charge is 0.329 e. The molecule has 1 fully saturated rings. The highest BCUT2D eigenvalue weighted by molar-refractivity contribution is 5.95. The van der Waals surface area contributed by atoms with E-state index in [9.17, 15) is 9.18 Å². The maximum Gasteiger partial charge on any atom is 0.257 e. The number of aryl methyl sites for hydroxylation is 2. The summed E-state index contributed by atoms with van der Waals surface area (Å²) < 4.78 is 15.4. The summed E-state index contributed by atoms with van der Waals surface area (Å²) in [6, 6.07) is 8.08. The van der Waals surface area contributed by atoms with Gasteiger partial charge in [-0.1, -0.05) is 12.1 Å². The summed E-state index contributed by atoms with van der Waals surface area (Å²) in [4.78, 5) is 19.4. The summed E-state index contributed by atoms with van der Waals surface area (Å²) in [5, 5.41) is 7.70. The third-order valence-electron chi connectivity index (χ3n) is 4.81. The van der Waals surface area contributed by atoms with Crippen LogP contribution in [0.2, 0.25) is 0 Å². The van der Waals surface area contributed by atoms with Crippen LogP contribution in [0.25, 0.3) is 5.65 Å². The molecule has 6 nitrogen and oxygen atoms in total. The molecule has 142 valence electrons. The molecule has 3 aromatic rings. The minimum Gasteiger partial charge on any atom is -0.329 e. The molecule has 1 saturated heterocycles. The molecule has 1 unspecified atom stereocenters. The smallest absolute Gasteiger partial charge is 0.257 e. The molecule has 8 heteroatoms. The Hall–Kier alpha value is -2.51. The van der Waals surface area contributed by atoms with Crippen molar-refractivity contribution in [3.8, 4) is 0 Å². The number of benzene rings is 1. The second-order valence-electron chi connectivity index (χ2n) is 6.59. The van der Waals surface area contributed by atoms with Crippen LogP contribution in [0.3, 0.4) is 0 Å². The summed E-state index contributed by atoms with van der Waals surface area (Å²) in [5.41, 5.74) is 3.63. The highest BCUT2D eigenvalue weighted by atomic mass is 35.5. The first kappa shape index (κ1) is 19.3. The molecule has 3 heterocycles. The number of aromatic nitrogens is 3. The molecule has 0 spiro atoms. The number of halogens is 2. The van der Waals surface area contributed by atoms with Crippen LogP contribution < -0.4 is 5.32 Å². The molecule has 0 saturated carbocycles. The third-order valence-corrected chi connectivity index (χ3v) is 4.81. The van der Waals surface area contributed by atoms with Crippen molar-refractivity contribution in [1.82, 2.24) is 24.8 Å². The monoisotopic (exact) mass is 389 g/mol. The lowest BCUT2D eigenvalue weighted by atomic mass is 10.0. The van der Waals surface area contributed by atoms with Gasteiger partial charge in [0.2, 0.25) is 0 Å². The molecule has 1 N–H and O–H groups in total. The number of nitrogens with one attached hydrogen (secondary N) is 1. The Labute approximate surface area is 162 Å². The Morgan fingerprint density at radius 2 is 2.11 bits per heavy atom. The number of amides is 1. The average molecular weight is 390 g/mol. The standard InChI is InChI=1S/C19H20FN5O.ClH/c1-12-8-18-22-10-16(13(2)25(18)23-12)19(26)24-7-6-21-11-17(24)14-4-3-5-15(20)9-14;/h3-5,8-10,17,21H,6-7,11H2,1-2H3;1H. The van der Waals surface area contributed by atoms with E-state index in [1.807, 2.05) is 26.0 Å². The molecule has 1 aliphatic heterocycles. The molecule has 0 aliphatic carbocycles. The summed E-state index contributed by atoms with van der Waals surface area (Å²) in [6.45, 7) is 5.60. The quantitative estimate of drug-likeness (QED) is 0.732. The fourth-order valence-corrected chi connectivity index (χ4v) is 3.49. The number of carbonyl (C=O) groups is 1. The summed E-state index contributed by atoms with van der Waals surface area (Å²) in [5.74, 6) is -0.410. The van der Waals surface area contributed by atoms with Crippen LogP contribution in [-0.2, 0) is 0 Å².